The van der Waals surface area contributed by atoms with Crippen LogP contribution in [0.15, 0.2) is 27.4 Å². The van der Waals surface area contributed by atoms with Gasteiger partial charge in [0.2, 0.25) is 5.89 Å². The van der Waals surface area contributed by atoms with Crippen LogP contribution in [0, 0.1) is 6.92 Å². The van der Waals surface area contributed by atoms with Crippen LogP contribution in [0.5, 0.6) is 0 Å². The average Bonchev–Trinajstić information content (AvgIpc) is 3.32. The molecule has 0 spiro atoms. The Morgan fingerprint density at radius 2 is 2.33 bits per heavy atom. The van der Waals surface area contributed by atoms with E-state index in [0.29, 0.717) is 19.0 Å². The predicted molar refractivity (Wildman–Crippen MR) is 90.9 cm³/mol. The highest BCUT2D eigenvalue weighted by Crippen LogP contribution is 2.30. The second-order valence-corrected chi connectivity index (χ2v) is 6.63. The van der Waals surface area contributed by atoms with E-state index >= 15 is 0 Å². The number of thiophene rings is 1. The largest absolute Gasteiger partial charge is 0.440 e. The van der Waals surface area contributed by atoms with E-state index in [-0.39, 0.29) is 5.91 Å². The molecule has 124 valence electrons. The first kappa shape index (κ1) is 15.1. The number of aryl methyl sites for hydroxylation is 2. The van der Waals surface area contributed by atoms with E-state index in [9.17, 15) is 4.79 Å². The third-order valence-electron chi connectivity index (χ3n) is 4.31. The fourth-order valence-corrected chi connectivity index (χ4v) is 3.76. The van der Waals surface area contributed by atoms with Crippen LogP contribution in [-0.4, -0.2) is 32.1 Å². The summed E-state index contributed by atoms with van der Waals surface area (Å²) in [6, 6.07) is 1.87. The Morgan fingerprint density at radius 1 is 1.46 bits per heavy atom. The van der Waals surface area contributed by atoms with Gasteiger partial charge in [-0.05, 0) is 25.3 Å². The second-order valence-electron chi connectivity index (χ2n) is 5.85. The fraction of sp³-hybridized carbons (Fsp3) is 0.353. The molecule has 4 rings (SSSR count). The molecule has 0 saturated heterocycles. The summed E-state index contributed by atoms with van der Waals surface area (Å²) >= 11 is 1.54. The van der Waals surface area contributed by atoms with Crippen LogP contribution in [0.1, 0.15) is 34.3 Å². The molecule has 1 aliphatic heterocycles. The molecule has 24 heavy (non-hydrogen) atoms. The summed E-state index contributed by atoms with van der Waals surface area (Å²) in [5.74, 6) is 1.35. The maximum atomic E-state index is 12.7. The first-order valence-corrected chi connectivity index (χ1v) is 8.94. The van der Waals surface area contributed by atoms with Crippen LogP contribution < -0.4 is 0 Å². The Labute approximate surface area is 143 Å². The molecule has 0 saturated carbocycles. The molecule has 0 aromatic carbocycles. The number of hydrogen-bond acceptors (Lipinski definition) is 5. The summed E-state index contributed by atoms with van der Waals surface area (Å²) in [5, 5.41) is 8.50. The molecule has 0 atom stereocenters. The lowest BCUT2D eigenvalue weighted by Crippen LogP contribution is -2.36. The van der Waals surface area contributed by atoms with Crippen LogP contribution in [0.25, 0.3) is 11.6 Å². The van der Waals surface area contributed by atoms with Crippen molar-refractivity contribution in [2.24, 2.45) is 0 Å². The van der Waals surface area contributed by atoms with E-state index in [1.165, 1.54) is 17.0 Å². The number of carbonyl (C=O) groups is 1. The Morgan fingerprint density at radius 3 is 3.00 bits per heavy atom. The van der Waals surface area contributed by atoms with Crippen molar-refractivity contribution in [3.63, 3.8) is 0 Å². The Balaban J connectivity index is 1.71. The average molecular weight is 342 g/mol. The van der Waals surface area contributed by atoms with Gasteiger partial charge in [-0.25, -0.2) is 4.98 Å². The van der Waals surface area contributed by atoms with Crippen molar-refractivity contribution in [3.8, 4) is 11.6 Å². The van der Waals surface area contributed by atoms with Gasteiger partial charge >= 0.3 is 0 Å². The number of carbonyl (C=O) groups excluding carboxylic acids is 1. The molecule has 0 bridgehead atoms. The normalized spacial score (nSPS) is 14.0. The van der Waals surface area contributed by atoms with Crippen molar-refractivity contribution in [2.75, 3.05) is 6.54 Å². The summed E-state index contributed by atoms with van der Waals surface area (Å²) in [5.41, 5.74) is 3.73. The smallest absolute Gasteiger partial charge is 0.255 e. The van der Waals surface area contributed by atoms with Crippen LogP contribution in [0.4, 0.5) is 0 Å². The highest BCUT2D eigenvalue weighted by Gasteiger charge is 2.29. The fourth-order valence-electron chi connectivity index (χ4n) is 3.13. The zero-order valence-electron chi connectivity index (χ0n) is 13.7. The van der Waals surface area contributed by atoms with E-state index in [1.54, 1.807) is 6.20 Å². The highest BCUT2D eigenvalue weighted by atomic mass is 32.1. The van der Waals surface area contributed by atoms with Crippen molar-refractivity contribution < 1.29 is 9.21 Å². The summed E-state index contributed by atoms with van der Waals surface area (Å²) in [6.07, 6.45) is 2.50. The molecule has 6 nitrogen and oxygen atoms in total. The van der Waals surface area contributed by atoms with Gasteiger partial charge in [-0.15, -0.1) is 0 Å². The summed E-state index contributed by atoms with van der Waals surface area (Å²) in [7, 11) is 0. The third-order valence-corrected chi connectivity index (χ3v) is 5.00. The van der Waals surface area contributed by atoms with Gasteiger partial charge in [0.25, 0.3) is 5.91 Å². The van der Waals surface area contributed by atoms with Crippen molar-refractivity contribution >= 4 is 17.2 Å². The molecule has 3 aromatic rings. The van der Waals surface area contributed by atoms with Gasteiger partial charge in [0, 0.05) is 36.1 Å². The molecular weight excluding hydrogens is 324 g/mol. The van der Waals surface area contributed by atoms with Crippen LogP contribution in [0.3, 0.4) is 0 Å². The molecule has 0 unspecified atom stereocenters. The quantitative estimate of drug-likeness (QED) is 0.733. The SMILES string of the molecule is CCn1nc(-c2ncc(C)o2)c2c1CCN(C(=O)c1ccsc1)C2. The topological polar surface area (TPSA) is 64.2 Å². The molecular formula is C17H18N4O2S. The lowest BCUT2D eigenvalue weighted by molar-refractivity contribution is 0.0734. The molecule has 7 heteroatoms. The lowest BCUT2D eigenvalue weighted by Gasteiger charge is -2.27. The van der Waals surface area contributed by atoms with Gasteiger partial charge in [0.1, 0.15) is 5.76 Å². The minimum absolute atomic E-state index is 0.0701. The van der Waals surface area contributed by atoms with Crippen molar-refractivity contribution in [1.29, 1.82) is 0 Å². The summed E-state index contributed by atoms with van der Waals surface area (Å²) < 4.78 is 7.67. The van der Waals surface area contributed by atoms with E-state index in [0.717, 1.165) is 35.5 Å². The lowest BCUT2D eigenvalue weighted by atomic mass is 10.0. The Kier molecular flexibility index (Phi) is 3.72. The minimum atomic E-state index is 0.0701. The molecule has 3 aromatic heterocycles. The van der Waals surface area contributed by atoms with Gasteiger partial charge in [-0.3, -0.25) is 9.48 Å². The standard InChI is InChI=1S/C17H18N4O2S/c1-3-21-14-4-6-20(17(22)12-5-7-24-10-12)9-13(14)15(19-21)16-18-8-11(2)23-16/h5,7-8,10H,3-4,6,9H2,1-2H3. The van der Waals surface area contributed by atoms with Crippen molar-refractivity contribution in [1.82, 2.24) is 19.7 Å². The van der Waals surface area contributed by atoms with E-state index in [2.05, 4.69) is 17.0 Å². The number of rotatable bonds is 3. The second kappa shape index (κ2) is 5.90. The van der Waals surface area contributed by atoms with Crippen LogP contribution in [0.2, 0.25) is 0 Å². The zero-order valence-corrected chi connectivity index (χ0v) is 14.5. The monoisotopic (exact) mass is 342 g/mol. The third kappa shape index (κ3) is 2.45. The molecule has 0 aliphatic carbocycles. The van der Waals surface area contributed by atoms with Crippen molar-refractivity contribution in [3.05, 3.63) is 45.6 Å². The maximum Gasteiger partial charge on any atom is 0.255 e. The van der Waals surface area contributed by atoms with Crippen LogP contribution in [-0.2, 0) is 19.5 Å². The number of oxazole rings is 1. The molecule has 0 radical (unpaired) electrons. The van der Waals surface area contributed by atoms with Gasteiger partial charge in [0.15, 0.2) is 5.69 Å². The zero-order chi connectivity index (χ0) is 16.7. The minimum Gasteiger partial charge on any atom is -0.440 e. The molecule has 0 N–H and O–H groups in total. The predicted octanol–water partition coefficient (Wildman–Crippen LogP) is 3.13. The number of fused-ring (bicyclic) bond motifs is 1. The van der Waals surface area contributed by atoms with E-state index in [4.69, 9.17) is 4.42 Å². The molecule has 0 fully saturated rings. The number of aromatic nitrogens is 3. The number of hydrogen-bond donors (Lipinski definition) is 0. The Bertz CT molecular complexity index is 879. The number of nitrogens with zero attached hydrogens (tertiary/aromatic N) is 4. The van der Waals surface area contributed by atoms with Crippen LogP contribution >= 0.6 is 11.3 Å². The van der Waals surface area contributed by atoms with E-state index < -0.39 is 0 Å². The van der Waals surface area contributed by atoms with Gasteiger partial charge in [0.05, 0.1) is 18.3 Å². The summed E-state index contributed by atoms with van der Waals surface area (Å²) in [4.78, 5) is 18.9. The molecule has 4 heterocycles. The first-order valence-electron chi connectivity index (χ1n) is 8.00. The highest BCUT2D eigenvalue weighted by molar-refractivity contribution is 7.08. The summed E-state index contributed by atoms with van der Waals surface area (Å²) in [6.45, 7) is 5.98. The van der Waals surface area contributed by atoms with Gasteiger partial charge in [-0.1, -0.05) is 0 Å². The first-order chi connectivity index (χ1) is 11.7. The van der Waals surface area contributed by atoms with Gasteiger partial charge < -0.3 is 9.32 Å². The Hall–Kier alpha value is -2.41. The maximum absolute atomic E-state index is 12.7. The molecule has 1 aliphatic rings. The molecule has 1 amide bonds. The number of amides is 1. The van der Waals surface area contributed by atoms with Crippen molar-refractivity contribution in [2.45, 2.75) is 33.4 Å². The van der Waals surface area contributed by atoms with E-state index in [1.807, 2.05) is 33.3 Å². The van der Waals surface area contributed by atoms with Gasteiger partial charge in [-0.2, -0.15) is 16.4 Å².